The van der Waals surface area contributed by atoms with Crippen molar-refractivity contribution in [3.8, 4) is 33.4 Å². The number of halogens is 4. The van der Waals surface area contributed by atoms with Gasteiger partial charge in [0.05, 0.1) is 5.16 Å². The maximum absolute atomic E-state index is 14.8. The van der Waals surface area contributed by atoms with Gasteiger partial charge in [-0.05, 0) is 93.0 Å². The summed E-state index contributed by atoms with van der Waals surface area (Å²) in [5.74, 6) is -2.44. The van der Waals surface area contributed by atoms with Crippen LogP contribution in [0, 0.1) is 21.0 Å². The maximum atomic E-state index is 14.8. The fourth-order valence-corrected chi connectivity index (χ4v) is 3.75. The van der Waals surface area contributed by atoms with E-state index >= 15 is 0 Å². The Hall–Kier alpha value is -2.80. The van der Waals surface area contributed by atoms with E-state index in [2.05, 4.69) is 39.8 Å². The van der Waals surface area contributed by atoms with Gasteiger partial charge in [0.25, 0.3) is 0 Å². The topological polar surface area (TPSA) is 12.4 Å². The lowest BCUT2D eigenvalue weighted by molar-refractivity contribution is 0.588. The lowest BCUT2D eigenvalue weighted by atomic mass is 9.97. The summed E-state index contributed by atoms with van der Waals surface area (Å²) in [6, 6.07) is 22.6. The van der Waals surface area contributed by atoms with Crippen molar-refractivity contribution < 1.29 is 13.2 Å². The molecule has 0 N–H and O–H groups in total. The highest BCUT2D eigenvalue weighted by Crippen LogP contribution is 2.33. The first-order valence-electron chi connectivity index (χ1n) is 9.19. The fraction of sp³-hybridized carbons (Fsp3) is 0. The minimum Gasteiger partial charge on any atom is -0.206 e. The van der Waals surface area contributed by atoms with Gasteiger partial charge >= 0.3 is 0 Å². The summed E-state index contributed by atoms with van der Waals surface area (Å²) >= 11 is 6.65. The molecule has 0 fully saturated rings. The van der Waals surface area contributed by atoms with E-state index in [1.165, 1.54) is 12.1 Å². The van der Waals surface area contributed by atoms with Crippen LogP contribution in [0.5, 0.6) is 0 Å². The smallest absolute Gasteiger partial charge is 0.153 e. The lowest BCUT2D eigenvalue weighted by Crippen LogP contribution is -1.91. The van der Waals surface area contributed by atoms with E-state index in [0.29, 0.717) is 5.56 Å². The molecule has 6 heteroatoms. The molecule has 0 unspecified atom stereocenters. The SMILES string of the molecule is Fc1cc(-c2ccc(-c3ccc(I)cc3)cc2)ccc1-c1cc(F)c(N=C=S)c(F)c1. The van der Waals surface area contributed by atoms with Gasteiger partial charge in [0.15, 0.2) is 11.6 Å². The lowest BCUT2D eigenvalue weighted by Gasteiger charge is -2.09. The Morgan fingerprint density at radius 2 is 1.06 bits per heavy atom. The largest absolute Gasteiger partial charge is 0.206 e. The zero-order valence-electron chi connectivity index (χ0n) is 15.9. The Bertz CT molecular complexity index is 1290. The van der Waals surface area contributed by atoms with Gasteiger partial charge in [-0.1, -0.05) is 48.5 Å². The molecule has 0 aliphatic rings. The van der Waals surface area contributed by atoms with Crippen molar-refractivity contribution in [3.05, 3.63) is 99.9 Å². The van der Waals surface area contributed by atoms with Crippen molar-refractivity contribution in [1.29, 1.82) is 0 Å². The molecule has 0 aliphatic carbocycles. The molecule has 152 valence electrons. The van der Waals surface area contributed by atoms with Crippen molar-refractivity contribution in [2.24, 2.45) is 4.99 Å². The highest BCUT2D eigenvalue weighted by molar-refractivity contribution is 14.1. The van der Waals surface area contributed by atoms with E-state index in [1.54, 1.807) is 6.07 Å². The summed E-state index contributed by atoms with van der Waals surface area (Å²) < 4.78 is 44.2. The molecule has 0 saturated heterocycles. The average Bonchev–Trinajstić information content (AvgIpc) is 2.77. The molecular formula is C25H13F3INS. The third-order valence-electron chi connectivity index (χ3n) is 4.85. The number of benzene rings is 4. The van der Waals surface area contributed by atoms with E-state index in [9.17, 15) is 13.2 Å². The van der Waals surface area contributed by atoms with E-state index in [0.717, 1.165) is 32.4 Å². The van der Waals surface area contributed by atoms with Crippen LogP contribution < -0.4 is 0 Å². The first kappa shape index (κ1) is 21.4. The van der Waals surface area contributed by atoms with Gasteiger partial charge < -0.3 is 0 Å². The Kier molecular flexibility index (Phi) is 6.32. The second kappa shape index (κ2) is 9.14. The highest BCUT2D eigenvalue weighted by Gasteiger charge is 2.14. The van der Waals surface area contributed by atoms with E-state index in [4.69, 9.17) is 0 Å². The summed E-state index contributed by atoms with van der Waals surface area (Å²) in [4.78, 5) is 3.37. The van der Waals surface area contributed by atoms with Crippen molar-refractivity contribution in [2.45, 2.75) is 0 Å². The molecule has 0 saturated carbocycles. The van der Waals surface area contributed by atoms with Crippen LogP contribution in [-0.4, -0.2) is 5.16 Å². The molecule has 0 spiro atoms. The molecule has 0 atom stereocenters. The minimum absolute atomic E-state index is 0.0800. The molecule has 0 heterocycles. The van der Waals surface area contributed by atoms with E-state index in [1.807, 2.05) is 53.7 Å². The average molecular weight is 543 g/mol. The van der Waals surface area contributed by atoms with E-state index < -0.39 is 23.1 Å². The molecule has 0 radical (unpaired) electrons. The van der Waals surface area contributed by atoms with E-state index in [-0.39, 0.29) is 11.1 Å². The van der Waals surface area contributed by atoms with Crippen LogP contribution in [-0.2, 0) is 0 Å². The zero-order valence-corrected chi connectivity index (χ0v) is 18.8. The number of nitrogens with zero attached hydrogens (tertiary/aromatic N) is 1. The molecule has 0 aromatic heterocycles. The molecule has 0 bridgehead atoms. The van der Waals surface area contributed by atoms with Crippen LogP contribution in [0.2, 0.25) is 0 Å². The van der Waals surface area contributed by atoms with Crippen LogP contribution in [0.25, 0.3) is 33.4 Å². The summed E-state index contributed by atoms with van der Waals surface area (Å²) in [7, 11) is 0. The predicted octanol–water partition coefficient (Wildman–Crippen LogP) is 8.44. The van der Waals surface area contributed by atoms with Crippen molar-refractivity contribution in [3.63, 3.8) is 0 Å². The first-order chi connectivity index (χ1) is 15.0. The normalized spacial score (nSPS) is 10.6. The number of hydrogen-bond donors (Lipinski definition) is 0. The molecule has 0 amide bonds. The van der Waals surface area contributed by atoms with Crippen LogP contribution in [0.4, 0.5) is 18.9 Å². The number of hydrogen-bond acceptors (Lipinski definition) is 2. The van der Waals surface area contributed by atoms with Gasteiger partial charge in [0, 0.05) is 9.13 Å². The first-order valence-corrected chi connectivity index (χ1v) is 10.7. The monoisotopic (exact) mass is 543 g/mol. The molecule has 1 nitrogen and oxygen atoms in total. The van der Waals surface area contributed by atoms with Crippen molar-refractivity contribution in [1.82, 2.24) is 0 Å². The zero-order chi connectivity index (χ0) is 22.0. The molecule has 0 aliphatic heterocycles. The van der Waals surface area contributed by atoms with Gasteiger partial charge in [0.2, 0.25) is 0 Å². The van der Waals surface area contributed by atoms with Gasteiger partial charge in [0.1, 0.15) is 11.5 Å². The Morgan fingerprint density at radius 3 is 1.58 bits per heavy atom. The Morgan fingerprint density at radius 1 is 0.613 bits per heavy atom. The summed E-state index contributed by atoms with van der Waals surface area (Å²) in [5.41, 5.74) is 3.29. The van der Waals surface area contributed by atoms with Crippen LogP contribution >= 0.6 is 34.8 Å². The Balaban J connectivity index is 1.65. The summed E-state index contributed by atoms with van der Waals surface area (Å²) in [5, 5.41) is 1.93. The number of rotatable bonds is 4. The quantitative estimate of drug-likeness (QED) is 0.143. The molecule has 4 aromatic rings. The van der Waals surface area contributed by atoms with Crippen LogP contribution in [0.3, 0.4) is 0 Å². The highest BCUT2D eigenvalue weighted by atomic mass is 127. The van der Waals surface area contributed by atoms with Gasteiger partial charge in [-0.25, -0.2) is 13.2 Å². The third-order valence-corrected chi connectivity index (χ3v) is 5.66. The molecule has 4 rings (SSSR count). The van der Waals surface area contributed by atoms with Crippen LogP contribution in [0.1, 0.15) is 0 Å². The van der Waals surface area contributed by atoms with Crippen molar-refractivity contribution in [2.75, 3.05) is 0 Å². The summed E-state index contributed by atoms with van der Waals surface area (Å²) in [6.45, 7) is 0. The maximum Gasteiger partial charge on any atom is 0.153 e. The summed E-state index contributed by atoms with van der Waals surface area (Å²) in [6.07, 6.45) is 0. The predicted molar refractivity (Wildman–Crippen MR) is 130 cm³/mol. The Labute approximate surface area is 196 Å². The number of thiocarbonyl (C=S) groups is 1. The van der Waals surface area contributed by atoms with Gasteiger partial charge in [-0.2, -0.15) is 4.99 Å². The third kappa shape index (κ3) is 4.61. The molecule has 31 heavy (non-hydrogen) atoms. The van der Waals surface area contributed by atoms with Gasteiger partial charge in [-0.3, -0.25) is 0 Å². The van der Waals surface area contributed by atoms with Crippen molar-refractivity contribution >= 4 is 45.7 Å². The molecule has 4 aromatic carbocycles. The fourth-order valence-electron chi connectivity index (χ4n) is 3.30. The van der Waals surface area contributed by atoms with Crippen LogP contribution in [0.15, 0.2) is 83.9 Å². The standard InChI is InChI=1S/C25H13F3INS/c26-22-11-18(17-3-1-15(2-4-17)16-5-8-20(29)9-6-16)7-10-21(22)19-12-23(27)25(30-14-31)24(28)13-19/h1-13H. The van der Waals surface area contributed by atoms with Gasteiger partial charge in [-0.15, -0.1) is 0 Å². The minimum atomic E-state index is -0.929. The molecular weight excluding hydrogens is 530 g/mol. The second-order valence-electron chi connectivity index (χ2n) is 6.77. The number of aliphatic imine (C=N–C) groups is 1. The number of isothiocyanates is 1. The second-order valence-corrected chi connectivity index (χ2v) is 8.20.